The number of rotatable bonds is 7. The van der Waals surface area contributed by atoms with Crippen LogP contribution in [0.25, 0.3) is 0 Å². The van der Waals surface area contributed by atoms with Gasteiger partial charge in [-0.3, -0.25) is 9.59 Å². The van der Waals surface area contributed by atoms with Gasteiger partial charge >= 0.3 is 0 Å². The zero-order chi connectivity index (χ0) is 18.5. The smallest absolute Gasteiger partial charge is 0.228 e. The van der Waals surface area contributed by atoms with Gasteiger partial charge in [0.2, 0.25) is 16.9 Å². The van der Waals surface area contributed by atoms with E-state index in [4.69, 9.17) is 4.74 Å². The van der Waals surface area contributed by atoms with Gasteiger partial charge in [0.15, 0.2) is 0 Å². The molecule has 1 N–H and O–H groups in total. The number of aromatic nitrogens is 2. The Balaban J connectivity index is 1.60. The molecule has 1 aromatic carbocycles. The van der Waals surface area contributed by atoms with Crippen molar-refractivity contribution in [1.29, 1.82) is 0 Å². The lowest BCUT2D eigenvalue weighted by atomic mass is 10.1. The summed E-state index contributed by atoms with van der Waals surface area (Å²) in [5.41, 5.74) is 0.660. The second kappa shape index (κ2) is 8.33. The van der Waals surface area contributed by atoms with E-state index in [1.54, 1.807) is 17.0 Å². The van der Waals surface area contributed by atoms with Gasteiger partial charge in [-0.25, -0.2) is 4.39 Å². The van der Waals surface area contributed by atoms with Crippen LogP contribution in [-0.4, -0.2) is 41.8 Å². The normalized spacial score (nSPS) is 16.9. The summed E-state index contributed by atoms with van der Waals surface area (Å²) in [5.74, 6) is -0.666. The first-order valence-electron chi connectivity index (χ1n) is 8.33. The first-order chi connectivity index (χ1) is 12.6. The van der Waals surface area contributed by atoms with Gasteiger partial charge < -0.3 is 15.0 Å². The SMILES string of the molecule is CCOCCC(=O)Nc1nnc(C2CC(=O)N(c3ccc(F)cc3)C2)s1. The molecule has 1 saturated heterocycles. The lowest BCUT2D eigenvalue weighted by Gasteiger charge is -2.16. The Hall–Kier alpha value is -2.39. The van der Waals surface area contributed by atoms with Crippen LogP contribution in [-0.2, 0) is 14.3 Å². The quantitative estimate of drug-likeness (QED) is 0.749. The van der Waals surface area contributed by atoms with Crippen molar-refractivity contribution in [2.45, 2.75) is 25.7 Å². The molecule has 9 heteroatoms. The molecule has 0 aliphatic carbocycles. The van der Waals surface area contributed by atoms with Crippen LogP contribution in [0.4, 0.5) is 15.2 Å². The molecule has 1 aliphatic rings. The molecule has 1 atom stereocenters. The van der Waals surface area contributed by atoms with Crippen molar-refractivity contribution in [3.63, 3.8) is 0 Å². The maximum atomic E-state index is 13.1. The van der Waals surface area contributed by atoms with Crippen molar-refractivity contribution in [2.24, 2.45) is 0 Å². The van der Waals surface area contributed by atoms with E-state index in [2.05, 4.69) is 15.5 Å². The number of nitrogens with zero attached hydrogens (tertiary/aromatic N) is 3. The third-order valence-corrected chi connectivity index (χ3v) is 4.98. The summed E-state index contributed by atoms with van der Waals surface area (Å²) >= 11 is 1.27. The van der Waals surface area contributed by atoms with Crippen LogP contribution in [0.2, 0.25) is 0 Å². The van der Waals surface area contributed by atoms with Gasteiger partial charge in [-0.1, -0.05) is 11.3 Å². The number of hydrogen-bond donors (Lipinski definition) is 1. The molecule has 138 valence electrons. The van der Waals surface area contributed by atoms with Gasteiger partial charge in [-0.2, -0.15) is 0 Å². The van der Waals surface area contributed by atoms with Crippen LogP contribution in [0, 0.1) is 5.82 Å². The maximum absolute atomic E-state index is 13.1. The number of carbonyl (C=O) groups is 2. The molecule has 0 bridgehead atoms. The average Bonchev–Trinajstić information content (AvgIpc) is 3.22. The minimum atomic E-state index is -0.342. The first-order valence-corrected chi connectivity index (χ1v) is 9.15. The highest BCUT2D eigenvalue weighted by Crippen LogP contribution is 2.34. The summed E-state index contributed by atoms with van der Waals surface area (Å²) < 4.78 is 18.2. The Labute approximate surface area is 154 Å². The molecule has 2 aromatic rings. The molecule has 1 fully saturated rings. The van der Waals surface area contributed by atoms with Gasteiger partial charge in [0.1, 0.15) is 10.8 Å². The van der Waals surface area contributed by atoms with Gasteiger partial charge in [0, 0.05) is 31.2 Å². The van der Waals surface area contributed by atoms with Gasteiger partial charge in [-0.15, -0.1) is 10.2 Å². The fourth-order valence-corrected chi connectivity index (χ4v) is 3.54. The standard InChI is InChI=1S/C17H19FN4O3S/c1-2-25-8-7-14(23)19-17-21-20-16(26-17)11-9-15(24)22(10-11)13-5-3-12(18)4-6-13/h3-6,11H,2,7-10H2,1H3,(H,19,21,23). The fraction of sp³-hybridized carbons (Fsp3) is 0.412. The summed E-state index contributed by atoms with van der Waals surface area (Å²) in [6.07, 6.45) is 0.563. The second-order valence-electron chi connectivity index (χ2n) is 5.82. The summed E-state index contributed by atoms with van der Waals surface area (Å²) in [5, 5.41) is 11.9. The molecular formula is C17H19FN4O3S. The minimum absolute atomic E-state index is 0.0425. The summed E-state index contributed by atoms with van der Waals surface area (Å²) in [7, 11) is 0. The number of carbonyl (C=O) groups excluding carboxylic acids is 2. The molecular weight excluding hydrogens is 359 g/mol. The molecule has 1 unspecified atom stereocenters. The molecule has 0 saturated carbocycles. The van der Waals surface area contributed by atoms with Crippen molar-refractivity contribution in [2.75, 3.05) is 30.0 Å². The minimum Gasteiger partial charge on any atom is -0.381 e. The van der Waals surface area contributed by atoms with E-state index in [1.165, 1.54) is 23.5 Å². The molecule has 1 aliphatic heterocycles. The average molecular weight is 378 g/mol. The zero-order valence-corrected chi connectivity index (χ0v) is 15.1. The maximum Gasteiger partial charge on any atom is 0.228 e. The number of benzene rings is 1. The Kier molecular flexibility index (Phi) is 5.89. The van der Waals surface area contributed by atoms with E-state index >= 15 is 0 Å². The molecule has 26 heavy (non-hydrogen) atoms. The topological polar surface area (TPSA) is 84.4 Å². The van der Waals surface area contributed by atoms with Gasteiger partial charge in [0.05, 0.1) is 13.0 Å². The van der Waals surface area contributed by atoms with Crippen molar-refractivity contribution in [3.8, 4) is 0 Å². The van der Waals surface area contributed by atoms with Crippen molar-refractivity contribution in [3.05, 3.63) is 35.1 Å². The van der Waals surface area contributed by atoms with Crippen LogP contribution in [0.15, 0.2) is 24.3 Å². The summed E-state index contributed by atoms with van der Waals surface area (Å²) in [6.45, 7) is 3.25. The molecule has 3 rings (SSSR count). The molecule has 1 aromatic heterocycles. The van der Waals surface area contributed by atoms with Crippen LogP contribution >= 0.6 is 11.3 Å². The molecule has 0 spiro atoms. The lowest BCUT2D eigenvalue weighted by Crippen LogP contribution is -2.24. The Bertz CT molecular complexity index is 781. The Morgan fingerprint density at radius 3 is 2.88 bits per heavy atom. The van der Waals surface area contributed by atoms with Crippen LogP contribution in [0.5, 0.6) is 0 Å². The molecule has 7 nitrogen and oxygen atoms in total. The zero-order valence-electron chi connectivity index (χ0n) is 14.3. The predicted octanol–water partition coefficient (Wildman–Crippen LogP) is 2.56. The number of amides is 2. The van der Waals surface area contributed by atoms with Crippen LogP contribution in [0.1, 0.15) is 30.7 Å². The summed E-state index contributed by atoms with van der Waals surface area (Å²) in [4.78, 5) is 25.7. The van der Waals surface area contributed by atoms with E-state index in [9.17, 15) is 14.0 Å². The molecule has 0 radical (unpaired) electrons. The van der Waals surface area contributed by atoms with E-state index in [-0.39, 0.29) is 30.0 Å². The van der Waals surface area contributed by atoms with E-state index < -0.39 is 0 Å². The van der Waals surface area contributed by atoms with Crippen molar-refractivity contribution in [1.82, 2.24) is 10.2 Å². The number of nitrogens with one attached hydrogen (secondary N) is 1. The Morgan fingerprint density at radius 1 is 1.38 bits per heavy atom. The largest absolute Gasteiger partial charge is 0.381 e. The number of hydrogen-bond acceptors (Lipinski definition) is 6. The highest BCUT2D eigenvalue weighted by atomic mass is 32.1. The highest BCUT2D eigenvalue weighted by molar-refractivity contribution is 7.15. The Morgan fingerprint density at radius 2 is 2.15 bits per heavy atom. The molecule has 2 amide bonds. The summed E-state index contributed by atoms with van der Waals surface area (Å²) in [6, 6.07) is 5.83. The fourth-order valence-electron chi connectivity index (χ4n) is 2.68. The van der Waals surface area contributed by atoms with E-state index in [0.29, 0.717) is 42.0 Å². The number of halogens is 1. The molecule has 2 heterocycles. The third kappa shape index (κ3) is 4.41. The van der Waals surface area contributed by atoms with Gasteiger partial charge in [-0.05, 0) is 31.2 Å². The van der Waals surface area contributed by atoms with Crippen molar-refractivity contribution < 1.29 is 18.7 Å². The van der Waals surface area contributed by atoms with E-state index in [0.717, 1.165) is 0 Å². The van der Waals surface area contributed by atoms with E-state index in [1.807, 2.05) is 6.92 Å². The lowest BCUT2D eigenvalue weighted by molar-refractivity contribution is -0.118. The predicted molar refractivity (Wildman–Crippen MR) is 95.8 cm³/mol. The third-order valence-electron chi connectivity index (χ3n) is 3.98. The van der Waals surface area contributed by atoms with Crippen LogP contribution < -0.4 is 10.2 Å². The number of ether oxygens (including phenoxy) is 1. The first kappa shape index (κ1) is 18.4. The van der Waals surface area contributed by atoms with Crippen LogP contribution in [0.3, 0.4) is 0 Å². The van der Waals surface area contributed by atoms with Gasteiger partial charge in [0.25, 0.3) is 0 Å². The highest BCUT2D eigenvalue weighted by Gasteiger charge is 2.34. The second-order valence-corrected chi connectivity index (χ2v) is 6.83. The number of anilines is 2. The monoisotopic (exact) mass is 378 g/mol. The van der Waals surface area contributed by atoms with Crippen molar-refractivity contribution >= 4 is 34.0 Å².